The van der Waals surface area contributed by atoms with E-state index in [0.29, 0.717) is 30.7 Å². The van der Waals surface area contributed by atoms with Crippen molar-refractivity contribution in [1.29, 1.82) is 0 Å². The minimum Gasteiger partial charge on any atom is -0.494 e. The van der Waals surface area contributed by atoms with Crippen LogP contribution < -0.4 is 10.1 Å². The number of rotatable bonds is 4. The van der Waals surface area contributed by atoms with Gasteiger partial charge in [-0.15, -0.1) is 0 Å². The molecule has 4 rings (SSSR count). The molecule has 1 N–H and O–H groups in total. The van der Waals surface area contributed by atoms with Crippen molar-refractivity contribution in [2.45, 2.75) is 38.0 Å². The van der Waals surface area contributed by atoms with Gasteiger partial charge in [-0.2, -0.15) is 0 Å². The minimum absolute atomic E-state index is 0.0498. The van der Waals surface area contributed by atoms with Crippen LogP contribution in [0, 0.1) is 5.82 Å². The summed E-state index contributed by atoms with van der Waals surface area (Å²) in [5.74, 6) is 0.159. The maximum absolute atomic E-state index is 13.2. The van der Waals surface area contributed by atoms with E-state index in [4.69, 9.17) is 4.74 Å². The van der Waals surface area contributed by atoms with Gasteiger partial charge in [0.15, 0.2) is 5.78 Å². The zero-order valence-corrected chi connectivity index (χ0v) is 15.7. The molecule has 0 unspecified atom stereocenters. The molecule has 0 aromatic heterocycles. The van der Waals surface area contributed by atoms with Crippen LogP contribution in [0.3, 0.4) is 0 Å². The molecule has 144 valence electrons. The van der Waals surface area contributed by atoms with E-state index >= 15 is 0 Å². The summed E-state index contributed by atoms with van der Waals surface area (Å²) in [7, 11) is 0. The third kappa shape index (κ3) is 3.57. The average Bonchev–Trinajstić information content (AvgIpc) is 2.68. The quantitative estimate of drug-likeness (QED) is 0.865. The molecule has 1 aliphatic heterocycles. The van der Waals surface area contributed by atoms with Gasteiger partial charge in [-0.25, -0.2) is 4.39 Å². The molecule has 2 aliphatic rings. The van der Waals surface area contributed by atoms with Gasteiger partial charge >= 0.3 is 0 Å². The second kappa shape index (κ2) is 7.58. The van der Waals surface area contributed by atoms with Crippen molar-refractivity contribution >= 4 is 11.7 Å². The van der Waals surface area contributed by atoms with Crippen molar-refractivity contribution in [1.82, 2.24) is 5.32 Å². The standard InChI is InChI=1S/C23H22FNO3/c1-2-28-18-9-5-15(6-10-18)19-13-22(27)25-20-11-16(12-21(26)23(19)20)14-3-7-17(24)8-4-14/h3-10,16,19H,2,11-13H2,1H3,(H,25,27)/t16-,19+/m1/s1. The summed E-state index contributed by atoms with van der Waals surface area (Å²) < 4.78 is 18.7. The van der Waals surface area contributed by atoms with E-state index in [1.165, 1.54) is 12.1 Å². The molecule has 1 heterocycles. The summed E-state index contributed by atoms with van der Waals surface area (Å²) in [5.41, 5.74) is 3.28. The predicted molar refractivity (Wildman–Crippen MR) is 104 cm³/mol. The summed E-state index contributed by atoms with van der Waals surface area (Å²) in [6, 6.07) is 13.9. The van der Waals surface area contributed by atoms with Crippen molar-refractivity contribution in [2.75, 3.05) is 6.61 Å². The van der Waals surface area contributed by atoms with Gasteiger partial charge in [0.1, 0.15) is 11.6 Å². The van der Waals surface area contributed by atoms with Crippen LogP contribution in [-0.4, -0.2) is 18.3 Å². The molecule has 1 amide bonds. The molecule has 2 aromatic rings. The Morgan fingerprint density at radius 3 is 2.32 bits per heavy atom. The third-order valence-electron chi connectivity index (χ3n) is 5.47. The number of carbonyl (C=O) groups is 2. The molecular formula is C23H22FNO3. The number of carbonyl (C=O) groups excluding carboxylic acids is 2. The molecule has 2 atom stereocenters. The number of nitrogens with one attached hydrogen (secondary N) is 1. The second-order valence-corrected chi connectivity index (χ2v) is 7.28. The Bertz CT molecular complexity index is 931. The monoisotopic (exact) mass is 379 g/mol. The van der Waals surface area contributed by atoms with E-state index in [-0.39, 0.29) is 35.8 Å². The molecule has 0 saturated carbocycles. The summed E-state index contributed by atoms with van der Waals surface area (Å²) in [4.78, 5) is 25.4. The molecule has 4 nitrogen and oxygen atoms in total. The first-order valence-electron chi connectivity index (χ1n) is 9.59. The van der Waals surface area contributed by atoms with Gasteiger partial charge < -0.3 is 10.1 Å². The number of Topliss-reactive ketones (excluding diaryl/α,β-unsaturated/α-hetero) is 1. The first-order chi connectivity index (χ1) is 13.5. The fourth-order valence-electron chi connectivity index (χ4n) is 4.18. The fraction of sp³-hybridized carbons (Fsp3) is 0.304. The lowest BCUT2D eigenvalue weighted by Crippen LogP contribution is -2.38. The van der Waals surface area contributed by atoms with Crippen LogP contribution in [0.25, 0.3) is 0 Å². The summed E-state index contributed by atoms with van der Waals surface area (Å²) in [6.45, 7) is 2.51. The average molecular weight is 379 g/mol. The van der Waals surface area contributed by atoms with E-state index in [1.807, 2.05) is 31.2 Å². The zero-order chi connectivity index (χ0) is 19.7. The number of ketones is 1. The maximum atomic E-state index is 13.2. The topological polar surface area (TPSA) is 55.4 Å². The van der Waals surface area contributed by atoms with Crippen LogP contribution in [0.1, 0.15) is 49.1 Å². The molecule has 2 aromatic carbocycles. The Kier molecular flexibility index (Phi) is 4.99. The Labute approximate surface area is 163 Å². The SMILES string of the molecule is CCOc1ccc([C@@H]2CC(=O)NC3=C2C(=O)C[C@H](c2ccc(F)cc2)C3)cc1. The molecule has 0 bridgehead atoms. The van der Waals surface area contributed by atoms with Crippen molar-refractivity contribution < 1.29 is 18.7 Å². The molecule has 0 fully saturated rings. The number of benzene rings is 2. The maximum Gasteiger partial charge on any atom is 0.225 e. The van der Waals surface area contributed by atoms with Gasteiger partial charge in [-0.1, -0.05) is 24.3 Å². The molecular weight excluding hydrogens is 357 g/mol. The molecule has 5 heteroatoms. The van der Waals surface area contributed by atoms with Crippen LogP contribution in [0.15, 0.2) is 59.8 Å². The number of ether oxygens (including phenoxy) is 1. The van der Waals surface area contributed by atoms with Crippen molar-refractivity contribution in [3.63, 3.8) is 0 Å². The van der Waals surface area contributed by atoms with E-state index < -0.39 is 0 Å². The Balaban J connectivity index is 1.65. The lowest BCUT2D eigenvalue weighted by molar-refractivity contribution is -0.122. The van der Waals surface area contributed by atoms with E-state index in [0.717, 1.165) is 16.9 Å². The summed E-state index contributed by atoms with van der Waals surface area (Å²) in [6.07, 6.45) is 1.21. The Hall–Kier alpha value is -2.95. The van der Waals surface area contributed by atoms with E-state index in [9.17, 15) is 14.0 Å². The van der Waals surface area contributed by atoms with Gasteiger partial charge in [-0.3, -0.25) is 9.59 Å². The van der Waals surface area contributed by atoms with Gasteiger partial charge in [0.05, 0.1) is 6.61 Å². The zero-order valence-electron chi connectivity index (χ0n) is 15.7. The smallest absolute Gasteiger partial charge is 0.225 e. The number of hydrogen-bond donors (Lipinski definition) is 1. The number of allylic oxidation sites excluding steroid dienone is 2. The molecule has 28 heavy (non-hydrogen) atoms. The van der Waals surface area contributed by atoms with Crippen LogP contribution in [0.5, 0.6) is 5.75 Å². The van der Waals surface area contributed by atoms with Crippen molar-refractivity contribution in [3.8, 4) is 5.75 Å². The Morgan fingerprint density at radius 2 is 1.64 bits per heavy atom. The highest BCUT2D eigenvalue weighted by Crippen LogP contribution is 2.42. The highest BCUT2D eigenvalue weighted by Gasteiger charge is 2.38. The first kappa shape index (κ1) is 18.4. The highest BCUT2D eigenvalue weighted by molar-refractivity contribution is 6.02. The van der Waals surface area contributed by atoms with Gasteiger partial charge in [-0.05, 0) is 54.7 Å². The van der Waals surface area contributed by atoms with Crippen LogP contribution >= 0.6 is 0 Å². The summed E-state index contributed by atoms with van der Waals surface area (Å²) in [5, 5.41) is 2.91. The fourth-order valence-corrected chi connectivity index (χ4v) is 4.18. The molecule has 0 saturated heterocycles. The minimum atomic E-state index is -0.299. The lowest BCUT2D eigenvalue weighted by atomic mass is 9.73. The van der Waals surface area contributed by atoms with Gasteiger partial charge in [0, 0.05) is 30.0 Å². The number of hydrogen-bond acceptors (Lipinski definition) is 3. The molecule has 1 aliphatic carbocycles. The van der Waals surface area contributed by atoms with Gasteiger partial charge in [0.25, 0.3) is 0 Å². The third-order valence-corrected chi connectivity index (χ3v) is 5.47. The summed E-state index contributed by atoms with van der Waals surface area (Å²) >= 11 is 0. The first-order valence-corrected chi connectivity index (χ1v) is 9.59. The number of amides is 1. The van der Waals surface area contributed by atoms with Crippen LogP contribution in [0.2, 0.25) is 0 Å². The van der Waals surface area contributed by atoms with E-state index in [1.54, 1.807) is 12.1 Å². The lowest BCUT2D eigenvalue weighted by Gasteiger charge is -2.34. The van der Waals surface area contributed by atoms with Gasteiger partial charge in [0.2, 0.25) is 5.91 Å². The second-order valence-electron chi connectivity index (χ2n) is 7.28. The highest BCUT2D eigenvalue weighted by atomic mass is 19.1. The predicted octanol–water partition coefficient (Wildman–Crippen LogP) is 4.23. The van der Waals surface area contributed by atoms with Crippen LogP contribution in [-0.2, 0) is 9.59 Å². The molecule has 0 radical (unpaired) electrons. The normalized spacial score (nSPS) is 21.9. The van der Waals surface area contributed by atoms with Crippen molar-refractivity contribution in [2.24, 2.45) is 0 Å². The number of halogens is 1. The van der Waals surface area contributed by atoms with E-state index in [2.05, 4.69) is 5.32 Å². The Morgan fingerprint density at radius 1 is 0.964 bits per heavy atom. The molecule has 0 spiro atoms. The van der Waals surface area contributed by atoms with Crippen LogP contribution in [0.4, 0.5) is 4.39 Å². The van der Waals surface area contributed by atoms with Crippen molar-refractivity contribution in [3.05, 3.63) is 76.7 Å². The largest absolute Gasteiger partial charge is 0.494 e.